The Kier molecular flexibility index (Phi) is 4.55. The molecule has 2 N–H and O–H groups in total. The number of rotatable bonds is 7. The summed E-state index contributed by atoms with van der Waals surface area (Å²) in [5.41, 5.74) is 1.97. The van der Waals surface area contributed by atoms with Crippen LogP contribution in [0.25, 0.3) is 11.0 Å². The van der Waals surface area contributed by atoms with E-state index in [1.807, 2.05) is 18.2 Å². The van der Waals surface area contributed by atoms with E-state index in [0.717, 1.165) is 48.7 Å². The molecule has 0 amide bonds. The van der Waals surface area contributed by atoms with E-state index >= 15 is 0 Å². The highest BCUT2D eigenvalue weighted by atomic mass is 16.5. The van der Waals surface area contributed by atoms with Crippen LogP contribution < -0.4 is 10.1 Å². The number of nitrogens with zero attached hydrogens (tertiary/aromatic N) is 1. The summed E-state index contributed by atoms with van der Waals surface area (Å²) >= 11 is 0. The van der Waals surface area contributed by atoms with E-state index in [4.69, 9.17) is 9.47 Å². The van der Waals surface area contributed by atoms with E-state index in [9.17, 15) is 0 Å². The summed E-state index contributed by atoms with van der Waals surface area (Å²) in [6, 6.07) is 5.83. The number of methoxy groups -OCH3 is 2. The van der Waals surface area contributed by atoms with Gasteiger partial charge in [-0.25, -0.2) is 4.98 Å². The molecule has 0 aliphatic heterocycles. The second-order valence-electron chi connectivity index (χ2n) is 4.09. The zero-order valence-electron chi connectivity index (χ0n) is 10.8. The fourth-order valence-corrected chi connectivity index (χ4v) is 1.80. The zero-order chi connectivity index (χ0) is 12.8. The number of aromatic nitrogens is 2. The molecule has 1 aromatic heterocycles. The predicted octanol–water partition coefficient (Wildman–Crippen LogP) is 1.70. The standard InChI is InChI=1S/C13H19N3O2/c1-17-7-3-6-14-9-13-15-11-5-4-10(18-2)8-12(11)16-13/h4-5,8,14H,3,6-7,9H2,1-2H3,(H,15,16). The second-order valence-corrected chi connectivity index (χ2v) is 4.09. The summed E-state index contributed by atoms with van der Waals surface area (Å²) in [5, 5.41) is 3.32. The summed E-state index contributed by atoms with van der Waals surface area (Å²) in [5.74, 6) is 1.78. The van der Waals surface area contributed by atoms with Crippen LogP contribution in [0.3, 0.4) is 0 Å². The predicted molar refractivity (Wildman–Crippen MR) is 70.8 cm³/mol. The molecule has 2 aromatic rings. The molecule has 0 radical (unpaired) electrons. The summed E-state index contributed by atoms with van der Waals surface area (Å²) in [6.45, 7) is 2.44. The number of hydrogen-bond donors (Lipinski definition) is 2. The maximum atomic E-state index is 5.18. The van der Waals surface area contributed by atoms with Crippen molar-refractivity contribution < 1.29 is 9.47 Å². The molecular formula is C13H19N3O2. The number of ether oxygens (including phenoxy) is 2. The quantitative estimate of drug-likeness (QED) is 0.733. The molecule has 1 aromatic carbocycles. The Morgan fingerprint density at radius 3 is 3.00 bits per heavy atom. The van der Waals surface area contributed by atoms with Crippen LogP contribution in [-0.2, 0) is 11.3 Å². The average Bonchev–Trinajstić information content (AvgIpc) is 2.80. The molecule has 0 aliphatic rings. The van der Waals surface area contributed by atoms with Crippen molar-refractivity contribution in [1.82, 2.24) is 15.3 Å². The number of nitrogens with one attached hydrogen (secondary N) is 2. The van der Waals surface area contributed by atoms with Crippen LogP contribution in [0.1, 0.15) is 12.2 Å². The van der Waals surface area contributed by atoms with Crippen LogP contribution in [0.5, 0.6) is 5.75 Å². The van der Waals surface area contributed by atoms with E-state index in [-0.39, 0.29) is 0 Å². The van der Waals surface area contributed by atoms with Gasteiger partial charge in [-0.15, -0.1) is 0 Å². The van der Waals surface area contributed by atoms with E-state index in [0.29, 0.717) is 0 Å². The van der Waals surface area contributed by atoms with Gasteiger partial charge in [0.2, 0.25) is 0 Å². The molecule has 0 bridgehead atoms. The fourth-order valence-electron chi connectivity index (χ4n) is 1.80. The normalized spacial score (nSPS) is 11.0. The van der Waals surface area contributed by atoms with Crippen LogP contribution in [0.4, 0.5) is 0 Å². The summed E-state index contributed by atoms with van der Waals surface area (Å²) in [7, 11) is 3.38. The summed E-state index contributed by atoms with van der Waals surface area (Å²) in [4.78, 5) is 7.78. The molecule has 0 saturated heterocycles. The van der Waals surface area contributed by atoms with Crippen LogP contribution >= 0.6 is 0 Å². The van der Waals surface area contributed by atoms with Crippen molar-refractivity contribution in [2.24, 2.45) is 0 Å². The number of aromatic amines is 1. The minimum Gasteiger partial charge on any atom is -0.497 e. The molecule has 0 aliphatic carbocycles. The van der Waals surface area contributed by atoms with Crippen molar-refractivity contribution in [2.45, 2.75) is 13.0 Å². The van der Waals surface area contributed by atoms with E-state index in [1.54, 1.807) is 14.2 Å². The van der Waals surface area contributed by atoms with Crippen LogP contribution in [0, 0.1) is 0 Å². The highest BCUT2D eigenvalue weighted by Gasteiger charge is 2.03. The molecule has 1 heterocycles. The smallest absolute Gasteiger partial charge is 0.121 e. The van der Waals surface area contributed by atoms with E-state index in [2.05, 4.69) is 15.3 Å². The SMILES string of the molecule is COCCCNCc1nc2ccc(OC)cc2[nH]1. The van der Waals surface area contributed by atoms with Crippen LogP contribution in [-0.4, -0.2) is 37.3 Å². The van der Waals surface area contributed by atoms with Gasteiger partial charge in [-0.2, -0.15) is 0 Å². The number of hydrogen-bond acceptors (Lipinski definition) is 4. The van der Waals surface area contributed by atoms with Crippen molar-refractivity contribution >= 4 is 11.0 Å². The molecule has 18 heavy (non-hydrogen) atoms. The molecule has 5 nitrogen and oxygen atoms in total. The Hall–Kier alpha value is -1.59. The molecule has 98 valence electrons. The third kappa shape index (κ3) is 3.21. The lowest BCUT2D eigenvalue weighted by molar-refractivity contribution is 0.194. The number of fused-ring (bicyclic) bond motifs is 1. The third-order valence-electron chi connectivity index (χ3n) is 2.73. The molecule has 0 spiro atoms. The first-order valence-corrected chi connectivity index (χ1v) is 6.06. The molecule has 0 fully saturated rings. The zero-order valence-corrected chi connectivity index (χ0v) is 10.8. The Labute approximate surface area is 107 Å². The lowest BCUT2D eigenvalue weighted by Gasteiger charge is -2.01. The molecule has 0 saturated carbocycles. The Bertz CT molecular complexity index is 496. The van der Waals surface area contributed by atoms with E-state index < -0.39 is 0 Å². The minimum atomic E-state index is 0.737. The highest BCUT2D eigenvalue weighted by Crippen LogP contribution is 2.18. The minimum absolute atomic E-state index is 0.737. The molecule has 0 atom stereocenters. The van der Waals surface area contributed by atoms with Crippen molar-refractivity contribution in [3.05, 3.63) is 24.0 Å². The highest BCUT2D eigenvalue weighted by molar-refractivity contribution is 5.76. The van der Waals surface area contributed by atoms with Gasteiger partial charge in [-0.05, 0) is 25.1 Å². The Morgan fingerprint density at radius 2 is 2.22 bits per heavy atom. The number of imidazole rings is 1. The Morgan fingerprint density at radius 1 is 1.33 bits per heavy atom. The average molecular weight is 249 g/mol. The first-order chi connectivity index (χ1) is 8.83. The molecule has 0 unspecified atom stereocenters. The maximum absolute atomic E-state index is 5.18. The Balaban J connectivity index is 1.93. The van der Waals surface area contributed by atoms with Gasteiger partial charge in [-0.3, -0.25) is 0 Å². The van der Waals surface area contributed by atoms with Crippen molar-refractivity contribution in [3.8, 4) is 5.75 Å². The topological polar surface area (TPSA) is 59.2 Å². The van der Waals surface area contributed by atoms with Gasteiger partial charge >= 0.3 is 0 Å². The van der Waals surface area contributed by atoms with Gasteiger partial charge in [0, 0.05) is 19.8 Å². The van der Waals surface area contributed by atoms with Crippen LogP contribution in [0.2, 0.25) is 0 Å². The van der Waals surface area contributed by atoms with Crippen molar-refractivity contribution in [2.75, 3.05) is 27.4 Å². The number of benzene rings is 1. The lowest BCUT2D eigenvalue weighted by atomic mass is 10.3. The fraction of sp³-hybridized carbons (Fsp3) is 0.462. The first kappa shape index (κ1) is 12.9. The van der Waals surface area contributed by atoms with Crippen LogP contribution in [0.15, 0.2) is 18.2 Å². The second kappa shape index (κ2) is 6.37. The van der Waals surface area contributed by atoms with Gasteiger partial charge in [0.25, 0.3) is 0 Å². The van der Waals surface area contributed by atoms with E-state index in [1.165, 1.54) is 0 Å². The third-order valence-corrected chi connectivity index (χ3v) is 2.73. The van der Waals surface area contributed by atoms with Gasteiger partial charge < -0.3 is 19.8 Å². The molecule has 2 rings (SSSR count). The van der Waals surface area contributed by atoms with Gasteiger partial charge in [-0.1, -0.05) is 0 Å². The molecular weight excluding hydrogens is 230 g/mol. The van der Waals surface area contributed by atoms with Crippen molar-refractivity contribution in [3.63, 3.8) is 0 Å². The van der Waals surface area contributed by atoms with Gasteiger partial charge in [0.15, 0.2) is 0 Å². The first-order valence-electron chi connectivity index (χ1n) is 6.06. The van der Waals surface area contributed by atoms with Gasteiger partial charge in [0.05, 0.1) is 24.7 Å². The summed E-state index contributed by atoms with van der Waals surface area (Å²) in [6.07, 6.45) is 1.00. The lowest BCUT2D eigenvalue weighted by Crippen LogP contribution is -2.16. The maximum Gasteiger partial charge on any atom is 0.121 e. The monoisotopic (exact) mass is 249 g/mol. The van der Waals surface area contributed by atoms with Crippen molar-refractivity contribution in [1.29, 1.82) is 0 Å². The largest absolute Gasteiger partial charge is 0.497 e. The van der Waals surface area contributed by atoms with Gasteiger partial charge in [0.1, 0.15) is 11.6 Å². The summed E-state index contributed by atoms with van der Waals surface area (Å²) < 4.78 is 10.2. The molecule has 5 heteroatoms. The number of H-pyrrole nitrogens is 1.